The van der Waals surface area contributed by atoms with E-state index in [9.17, 15) is 18.0 Å². The van der Waals surface area contributed by atoms with Gasteiger partial charge in [0.15, 0.2) is 0 Å². The molecule has 1 aliphatic rings. The number of hydrogen-bond donors (Lipinski definition) is 2. The van der Waals surface area contributed by atoms with E-state index in [0.717, 1.165) is 11.1 Å². The lowest BCUT2D eigenvalue weighted by Gasteiger charge is -2.35. The second-order valence-electron chi connectivity index (χ2n) is 9.14. The first-order valence-electron chi connectivity index (χ1n) is 12.2. The second-order valence-corrected chi connectivity index (χ2v) is 11.0. The van der Waals surface area contributed by atoms with E-state index in [0.29, 0.717) is 30.6 Å². The zero-order valence-corrected chi connectivity index (χ0v) is 21.8. The van der Waals surface area contributed by atoms with Gasteiger partial charge in [-0.05, 0) is 85.4 Å². The molecule has 1 unspecified atom stereocenters. The number of nitrogens with zero attached hydrogens (tertiary/aromatic N) is 1. The molecule has 1 aliphatic heterocycles. The van der Waals surface area contributed by atoms with E-state index in [2.05, 4.69) is 49.3 Å². The summed E-state index contributed by atoms with van der Waals surface area (Å²) in [5.74, 6) is -0.559. The van der Waals surface area contributed by atoms with Crippen molar-refractivity contribution in [3.63, 3.8) is 0 Å². The minimum absolute atomic E-state index is 0.0996. The summed E-state index contributed by atoms with van der Waals surface area (Å²) in [6.45, 7) is 8.31. The lowest BCUT2D eigenvalue weighted by Crippen LogP contribution is -2.40. The van der Waals surface area contributed by atoms with Crippen molar-refractivity contribution in [1.29, 1.82) is 0 Å². The highest BCUT2D eigenvalue weighted by molar-refractivity contribution is 7.92. The Bertz CT molecular complexity index is 1430. The van der Waals surface area contributed by atoms with Crippen molar-refractivity contribution >= 4 is 27.5 Å². The minimum atomic E-state index is -3.87. The third kappa shape index (κ3) is 5.75. The van der Waals surface area contributed by atoms with Crippen LogP contribution < -0.4 is 14.9 Å². The van der Waals surface area contributed by atoms with E-state index in [4.69, 9.17) is 0 Å². The van der Waals surface area contributed by atoms with Crippen molar-refractivity contribution < 1.29 is 18.0 Å². The molecule has 0 spiro atoms. The molecule has 0 aromatic heterocycles. The Labute approximate surface area is 218 Å². The van der Waals surface area contributed by atoms with E-state index in [1.54, 1.807) is 12.1 Å². The van der Waals surface area contributed by atoms with Gasteiger partial charge >= 0.3 is 0 Å². The van der Waals surface area contributed by atoms with Crippen LogP contribution in [0.3, 0.4) is 0 Å². The molecule has 0 radical (unpaired) electrons. The molecule has 3 aromatic carbocycles. The van der Waals surface area contributed by atoms with Crippen LogP contribution in [0.4, 0.5) is 5.69 Å². The zero-order chi connectivity index (χ0) is 26.6. The Morgan fingerprint density at radius 3 is 2.46 bits per heavy atom. The summed E-state index contributed by atoms with van der Waals surface area (Å²) in [6.07, 6.45) is 2.34. The van der Waals surface area contributed by atoms with E-state index in [-0.39, 0.29) is 29.3 Å². The summed E-state index contributed by atoms with van der Waals surface area (Å²) in [5.41, 5.74) is 5.25. The van der Waals surface area contributed by atoms with Gasteiger partial charge in [-0.1, -0.05) is 43.0 Å². The van der Waals surface area contributed by atoms with Crippen molar-refractivity contribution in [1.82, 2.24) is 10.6 Å². The van der Waals surface area contributed by atoms with Crippen LogP contribution in [-0.2, 0) is 21.2 Å². The largest absolute Gasteiger partial charge is 0.352 e. The molecule has 37 heavy (non-hydrogen) atoms. The number of para-hydroxylation sites is 1. The van der Waals surface area contributed by atoms with Gasteiger partial charge in [-0.15, -0.1) is 0 Å². The number of anilines is 1. The van der Waals surface area contributed by atoms with E-state index in [1.165, 1.54) is 45.8 Å². The maximum Gasteiger partial charge on any atom is 0.264 e. The average molecular weight is 518 g/mol. The lowest BCUT2D eigenvalue weighted by atomic mass is 9.98. The summed E-state index contributed by atoms with van der Waals surface area (Å²) in [5, 5.41) is 5.77. The molecule has 1 heterocycles. The predicted octanol–water partition coefficient (Wildman–Crippen LogP) is 4.22. The fourth-order valence-electron chi connectivity index (χ4n) is 4.45. The number of nitrogens with one attached hydrogen (secondary N) is 2. The van der Waals surface area contributed by atoms with Crippen molar-refractivity contribution in [3.05, 3.63) is 107 Å². The highest BCUT2D eigenvalue weighted by Crippen LogP contribution is 2.37. The molecule has 1 atom stereocenters. The molecule has 0 fully saturated rings. The zero-order valence-electron chi connectivity index (χ0n) is 21.0. The minimum Gasteiger partial charge on any atom is -0.352 e. The lowest BCUT2D eigenvalue weighted by molar-refractivity contribution is -0.117. The Hall–Kier alpha value is -3.91. The van der Waals surface area contributed by atoms with E-state index >= 15 is 0 Å². The van der Waals surface area contributed by atoms with Crippen molar-refractivity contribution in [2.75, 3.05) is 17.4 Å². The maximum absolute atomic E-state index is 13.5. The fraction of sp³-hybridized carbons (Fsp3) is 0.241. The first-order valence-corrected chi connectivity index (χ1v) is 13.6. The number of carbonyl (C=O) groups is 2. The normalized spacial score (nSPS) is 15.0. The molecular weight excluding hydrogens is 486 g/mol. The molecule has 2 amide bonds. The molecule has 8 heteroatoms. The molecule has 2 N–H and O–H groups in total. The van der Waals surface area contributed by atoms with Gasteiger partial charge in [0.05, 0.1) is 16.6 Å². The van der Waals surface area contributed by atoms with E-state index in [1.807, 2.05) is 12.1 Å². The fourth-order valence-corrected chi connectivity index (χ4v) is 5.95. The van der Waals surface area contributed by atoms with Crippen LogP contribution in [0, 0.1) is 13.8 Å². The third-order valence-electron chi connectivity index (χ3n) is 6.68. The average Bonchev–Trinajstić information content (AvgIpc) is 2.90. The van der Waals surface area contributed by atoms with Crippen LogP contribution in [0.1, 0.15) is 45.1 Å². The van der Waals surface area contributed by atoms with Gasteiger partial charge in [0, 0.05) is 18.7 Å². The molecular formula is C29H31N3O4S. The summed E-state index contributed by atoms with van der Waals surface area (Å²) >= 11 is 0. The van der Waals surface area contributed by atoms with Crippen LogP contribution in [0.15, 0.2) is 84.3 Å². The van der Waals surface area contributed by atoms with Crippen LogP contribution in [0.25, 0.3) is 0 Å². The Kier molecular flexibility index (Phi) is 7.78. The number of benzene rings is 3. The molecule has 0 aliphatic carbocycles. The number of hydrogen-bond acceptors (Lipinski definition) is 4. The summed E-state index contributed by atoms with van der Waals surface area (Å²) in [7, 11) is -3.87. The van der Waals surface area contributed by atoms with Gasteiger partial charge in [0.25, 0.3) is 15.9 Å². The van der Waals surface area contributed by atoms with E-state index < -0.39 is 10.0 Å². The molecule has 4 rings (SSSR count). The summed E-state index contributed by atoms with van der Waals surface area (Å²) in [6, 6.07) is 19.1. The molecule has 7 nitrogen and oxygen atoms in total. The van der Waals surface area contributed by atoms with Crippen LogP contribution >= 0.6 is 0 Å². The number of sulfonamides is 1. The standard InChI is InChI=1S/C29H31N3O4S/c1-4-28(33)31-26-16-18-32(27-8-6-5-7-25(26)27)37(35,36)24-13-11-23(12-14-24)29(34)30-17-15-22-10-9-20(2)21(3)19-22/h4-14,19,26H,1,15-18H2,2-3H3,(H,30,34)(H,31,33). The maximum atomic E-state index is 13.5. The van der Waals surface area contributed by atoms with Gasteiger partial charge < -0.3 is 10.6 Å². The molecule has 0 bridgehead atoms. The Morgan fingerprint density at radius 1 is 1.03 bits per heavy atom. The SMILES string of the molecule is C=CC(=O)NC1CCN(S(=O)(=O)c2ccc(C(=O)NCCc3ccc(C)c(C)c3)cc2)c2ccccc21. The first kappa shape index (κ1) is 26.2. The van der Waals surface area contributed by atoms with Crippen molar-refractivity contribution in [2.24, 2.45) is 0 Å². The van der Waals surface area contributed by atoms with Crippen molar-refractivity contribution in [3.8, 4) is 0 Å². The quantitative estimate of drug-likeness (QED) is 0.438. The molecule has 3 aromatic rings. The van der Waals surface area contributed by atoms with Crippen LogP contribution in [0.2, 0.25) is 0 Å². The van der Waals surface area contributed by atoms with Crippen molar-refractivity contribution in [2.45, 2.75) is 37.6 Å². The molecule has 192 valence electrons. The second kappa shape index (κ2) is 11.0. The highest BCUT2D eigenvalue weighted by Gasteiger charge is 2.33. The van der Waals surface area contributed by atoms with Gasteiger partial charge in [-0.3, -0.25) is 13.9 Å². The Morgan fingerprint density at radius 2 is 1.76 bits per heavy atom. The van der Waals surface area contributed by atoms with Gasteiger partial charge in [0.2, 0.25) is 5.91 Å². The molecule has 0 saturated carbocycles. The number of aryl methyl sites for hydroxylation is 2. The number of fused-ring (bicyclic) bond motifs is 1. The van der Waals surface area contributed by atoms with Gasteiger partial charge in [-0.2, -0.15) is 0 Å². The van der Waals surface area contributed by atoms with Gasteiger partial charge in [-0.25, -0.2) is 8.42 Å². The number of amides is 2. The number of carbonyl (C=O) groups excluding carboxylic acids is 2. The summed E-state index contributed by atoms with van der Waals surface area (Å²) < 4.78 is 28.4. The van der Waals surface area contributed by atoms with Crippen LogP contribution in [-0.4, -0.2) is 33.3 Å². The highest BCUT2D eigenvalue weighted by atomic mass is 32.2. The molecule has 0 saturated heterocycles. The third-order valence-corrected chi connectivity index (χ3v) is 8.51. The van der Waals surface area contributed by atoms with Crippen LogP contribution in [0.5, 0.6) is 0 Å². The number of rotatable bonds is 8. The Balaban J connectivity index is 1.45. The van der Waals surface area contributed by atoms with Gasteiger partial charge in [0.1, 0.15) is 0 Å². The smallest absolute Gasteiger partial charge is 0.264 e. The summed E-state index contributed by atoms with van der Waals surface area (Å²) in [4.78, 5) is 24.6. The predicted molar refractivity (Wildman–Crippen MR) is 145 cm³/mol. The topological polar surface area (TPSA) is 95.6 Å². The first-order chi connectivity index (χ1) is 17.7. The monoisotopic (exact) mass is 517 g/mol.